The quantitative estimate of drug-likeness (QED) is 0.514. The Hall–Kier alpha value is -3.11. The predicted octanol–water partition coefficient (Wildman–Crippen LogP) is 2.01. The van der Waals surface area contributed by atoms with Gasteiger partial charge in [-0.1, -0.05) is 18.2 Å². The number of carbonyl (C=O) groups is 2. The van der Waals surface area contributed by atoms with Crippen molar-refractivity contribution in [2.75, 3.05) is 61.9 Å². The van der Waals surface area contributed by atoms with Crippen LogP contribution in [0.2, 0.25) is 0 Å². The Balaban J connectivity index is 1.20. The van der Waals surface area contributed by atoms with Crippen molar-refractivity contribution < 1.29 is 22.7 Å². The molecule has 4 rings (SSSR count). The highest BCUT2D eigenvalue weighted by Crippen LogP contribution is 2.28. The second-order valence-electron chi connectivity index (χ2n) is 9.29. The van der Waals surface area contributed by atoms with Gasteiger partial charge in [0.25, 0.3) is 0 Å². The predicted molar refractivity (Wildman–Crippen MR) is 140 cm³/mol. The summed E-state index contributed by atoms with van der Waals surface area (Å²) in [6.45, 7) is 4.80. The molecular weight excluding hydrogens is 480 g/mol. The summed E-state index contributed by atoms with van der Waals surface area (Å²) in [6, 6.07) is 15.4. The van der Waals surface area contributed by atoms with E-state index < -0.39 is 15.9 Å². The molecule has 0 bridgehead atoms. The maximum atomic E-state index is 12.8. The molecule has 36 heavy (non-hydrogen) atoms. The van der Waals surface area contributed by atoms with E-state index in [1.165, 1.54) is 5.56 Å². The number of ether oxygens (including phenoxy) is 1. The Morgan fingerprint density at radius 2 is 1.78 bits per heavy atom. The molecule has 2 amide bonds. The summed E-state index contributed by atoms with van der Waals surface area (Å²) in [4.78, 5) is 28.9. The van der Waals surface area contributed by atoms with Crippen LogP contribution in [0.4, 0.5) is 11.4 Å². The van der Waals surface area contributed by atoms with Gasteiger partial charge >= 0.3 is 0 Å². The van der Waals surface area contributed by atoms with E-state index in [-0.39, 0.29) is 30.5 Å². The Kier molecular flexibility index (Phi) is 8.15. The van der Waals surface area contributed by atoms with Gasteiger partial charge in [0.05, 0.1) is 18.8 Å². The van der Waals surface area contributed by atoms with Gasteiger partial charge in [-0.25, -0.2) is 8.42 Å². The van der Waals surface area contributed by atoms with Crippen LogP contribution in [0, 0.1) is 12.8 Å². The number of hydrogen-bond donors (Lipinski definition) is 1. The first-order chi connectivity index (χ1) is 17.3. The Labute approximate surface area is 213 Å². The summed E-state index contributed by atoms with van der Waals surface area (Å²) in [6.07, 6.45) is 0.457. The van der Waals surface area contributed by atoms with Crippen LogP contribution in [0.1, 0.15) is 18.4 Å². The van der Waals surface area contributed by atoms with Gasteiger partial charge in [-0.05, 0) is 43.2 Å². The van der Waals surface area contributed by atoms with Crippen molar-refractivity contribution in [3.8, 4) is 5.75 Å². The van der Waals surface area contributed by atoms with Gasteiger partial charge in [-0.15, -0.1) is 0 Å². The topological polar surface area (TPSA) is 99.3 Å². The molecule has 0 aliphatic carbocycles. The zero-order valence-electron chi connectivity index (χ0n) is 20.9. The molecule has 2 fully saturated rings. The van der Waals surface area contributed by atoms with Crippen LogP contribution in [0.25, 0.3) is 0 Å². The normalized spacial score (nSPS) is 18.9. The third-order valence-corrected chi connectivity index (χ3v) is 8.69. The second-order valence-corrected chi connectivity index (χ2v) is 11.4. The molecule has 2 aromatic carbocycles. The number of nitrogens with one attached hydrogen (secondary N) is 1. The molecule has 0 aromatic heterocycles. The zero-order chi connectivity index (χ0) is 25.7. The Morgan fingerprint density at radius 1 is 1.06 bits per heavy atom. The molecule has 1 atom stereocenters. The molecule has 2 aromatic rings. The summed E-state index contributed by atoms with van der Waals surface area (Å²) < 4.78 is 32.4. The molecule has 0 radical (unpaired) electrons. The first-order valence-electron chi connectivity index (χ1n) is 12.3. The standard InChI is InChI=1S/C26H34N4O5S/c1-20-6-3-7-22(16-20)28-11-13-29(14-12-28)36(33,34)15-5-10-27-26(32)21-17-25(31)30(19-21)23-8-4-9-24(18-23)35-2/h3-4,6-9,16,18,21H,5,10-15,17,19H2,1-2H3,(H,27,32). The molecule has 2 aliphatic rings. The van der Waals surface area contributed by atoms with Crippen LogP contribution in [0.15, 0.2) is 48.5 Å². The van der Waals surface area contributed by atoms with Crippen LogP contribution in [0.5, 0.6) is 5.75 Å². The van der Waals surface area contributed by atoms with Gasteiger partial charge in [0.15, 0.2) is 0 Å². The van der Waals surface area contributed by atoms with E-state index in [0.29, 0.717) is 50.6 Å². The van der Waals surface area contributed by atoms with Crippen molar-refractivity contribution in [3.05, 3.63) is 54.1 Å². The van der Waals surface area contributed by atoms with Crippen molar-refractivity contribution in [3.63, 3.8) is 0 Å². The summed E-state index contributed by atoms with van der Waals surface area (Å²) in [5.74, 6) is -0.174. The number of methoxy groups -OCH3 is 1. The zero-order valence-corrected chi connectivity index (χ0v) is 21.7. The molecule has 0 saturated carbocycles. The van der Waals surface area contributed by atoms with Gasteiger partial charge in [0.1, 0.15) is 5.75 Å². The van der Waals surface area contributed by atoms with Crippen molar-refractivity contribution >= 4 is 33.2 Å². The molecule has 2 aliphatic heterocycles. The minimum absolute atomic E-state index is 0.0166. The number of amides is 2. The summed E-state index contributed by atoms with van der Waals surface area (Å²) >= 11 is 0. The van der Waals surface area contributed by atoms with E-state index in [4.69, 9.17) is 4.74 Å². The number of hydrogen-bond acceptors (Lipinski definition) is 6. The first kappa shape index (κ1) is 26.0. The Morgan fingerprint density at radius 3 is 2.50 bits per heavy atom. The highest BCUT2D eigenvalue weighted by molar-refractivity contribution is 7.89. The molecule has 194 valence electrons. The second kappa shape index (κ2) is 11.3. The van der Waals surface area contributed by atoms with E-state index in [1.54, 1.807) is 34.5 Å². The summed E-state index contributed by atoms with van der Waals surface area (Å²) in [5.41, 5.74) is 2.99. The lowest BCUT2D eigenvalue weighted by Gasteiger charge is -2.35. The number of carbonyl (C=O) groups excluding carboxylic acids is 2. The Bertz CT molecular complexity index is 1190. The molecular formula is C26H34N4O5S. The number of anilines is 2. The van der Waals surface area contributed by atoms with Gasteiger partial charge in [-0.3, -0.25) is 9.59 Å². The fourth-order valence-corrected chi connectivity index (χ4v) is 6.19. The van der Waals surface area contributed by atoms with Gasteiger partial charge in [0, 0.05) is 63.1 Å². The van der Waals surface area contributed by atoms with Crippen LogP contribution >= 0.6 is 0 Å². The van der Waals surface area contributed by atoms with E-state index in [2.05, 4.69) is 16.3 Å². The maximum Gasteiger partial charge on any atom is 0.227 e. The molecule has 10 heteroatoms. The summed E-state index contributed by atoms with van der Waals surface area (Å²) in [7, 11) is -1.83. The van der Waals surface area contributed by atoms with Crippen molar-refractivity contribution in [2.45, 2.75) is 19.8 Å². The third kappa shape index (κ3) is 6.17. The van der Waals surface area contributed by atoms with E-state index in [9.17, 15) is 18.0 Å². The highest BCUT2D eigenvalue weighted by Gasteiger charge is 2.35. The van der Waals surface area contributed by atoms with E-state index >= 15 is 0 Å². The fourth-order valence-electron chi connectivity index (χ4n) is 4.70. The minimum atomic E-state index is -3.39. The van der Waals surface area contributed by atoms with Crippen molar-refractivity contribution in [2.24, 2.45) is 5.92 Å². The number of aryl methyl sites for hydroxylation is 1. The smallest absolute Gasteiger partial charge is 0.227 e. The van der Waals surface area contributed by atoms with E-state index in [0.717, 1.165) is 5.69 Å². The SMILES string of the molecule is COc1cccc(N2CC(C(=O)NCCCS(=O)(=O)N3CCN(c4cccc(C)c4)CC3)CC2=O)c1. The fraction of sp³-hybridized carbons (Fsp3) is 0.462. The largest absolute Gasteiger partial charge is 0.497 e. The first-order valence-corrected chi connectivity index (χ1v) is 13.9. The minimum Gasteiger partial charge on any atom is -0.497 e. The van der Waals surface area contributed by atoms with Gasteiger partial charge in [-0.2, -0.15) is 4.31 Å². The van der Waals surface area contributed by atoms with Crippen LogP contribution < -0.4 is 19.9 Å². The van der Waals surface area contributed by atoms with Crippen molar-refractivity contribution in [1.82, 2.24) is 9.62 Å². The molecule has 1 unspecified atom stereocenters. The maximum absolute atomic E-state index is 12.8. The van der Waals surface area contributed by atoms with Crippen LogP contribution in [-0.2, 0) is 19.6 Å². The van der Waals surface area contributed by atoms with Gasteiger partial charge in [0.2, 0.25) is 21.8 Å². The molecule has 2 saturated heterocycles. The average molecular weight is 515 g/mol. The average Bonchev–Trinajstić information content (AvgIpc) is 3.28. The highest BCUT2D eigenvalue weighted by atomic mass is 32.2. The van der Waals surface area contributed by atoms with Gasteiger partial charge < -0.3 is 19.9 Å². The van der Waals surface area contributed by atoms with Crippen molar-refractivity contribution in [1.29, 1.82) is 0 Å². The molecule has 2 heterocycles. The third-order valence-electron chi connectivity index (χ3n) is 6.74. The number of piperazine rings is 1. The summed E-state index contributed by atoms with van der Waals surface area (Å²) in [5, 5.41) is 2.82. The lowest BCUT2D eigenvalue weighted by atomic mass is 10.1. The monoisotopic (exact) mass is 514 g/mol. The number of nitrogens with zero attached hydrogens (tertiary/aromatic N) is 3. The molecule has 9 nitrogen and oxygen atoms in total. The van der Waals surface area contributed by atoms with Crippen LogP contribution in [0.3, 0.4) is 0 Å². The lowest BCUT2D eigenvalue weighted by molar-refractivity contribution is -0.126. The van der Waals surface area contributed by atoms with Crippen LogP contribution in [-0.4, -0.2) is 76.7 Å². The number of sulfonamides is 1. The number of rotatable bonds is 9. The number of benzene rings is 2. The molecule has 0 spiro atoms. The lowest BCUT2D eigenvalue weighted by Crippen LogP contribution is -2.49. The van der Waals surface area contributed by atoms with E-state index in [1.807, 2.05) is 31.2 Å². The molecule has 1 N–H and O–H groups in total.